The molecule has 2 aromatic carbocycles. The van der Waals surface area contributed by atoms with Gasteiger partial charge in [-0.3, -0.25) is 0 Å². The Bertz CT molecular complexity index is 739. The monoisotopic (exact) mass is 305 g/mol. The number of alkyl halides is 1. The summed E-state index contributed by atoms with van der Waals surface area (Å²) >= 11 is 6.34. The van der Waals surface area contributed by atoms with Crippen molar-refractivity contribution in [2.45, 2.75) is 11.8 Å². The van der Waals surface area contributed by atoms with E-state index >= 15 is 0 Å². The molecular formula is C16H13ClFNO2. The third-order valence-electron chi connectivity index (χ3n) is 3.24. The highest BCUT2D eigenvalue weighted by molar-refractivity contribution is 6.21. The van der Waals surface area contributed by atoms with Crippen molar-refractivity contribution in [2.24, 2.45) is 0 Å². The summed E-state index contributed by atoms with van der Waals surface area (Å²) in [4.78, 5) is 4.35. The van der Waals surface area contributed by atoms with E-state index < -0.39 is 11.2 Å². The summed E-state index contributed by atoms with van der Waals surface area (Å²) in [5.41, 5.74) is 1.78. The van der Waals surface area contributed by atoms with Gasteiger partial charge in [0.15, 0.2) is 11.5 Å². The zero-order valence-corrected chi connectivity index (χ0v) is 12.1. The molecule has 1 aromatic heterocycles. The molecule has 3 aromatic rings. The van der Waals surface area contributed by atoms with Gasteiger partial charge in [0.05, 0.1) is 12.5 Å². The van der Waals surface area contributed by atoms with E-state index in [4.69, 9.17) is 20.8 Å². The number of oxazole rings is 1. The summed E-state index contributed by atoms with van der Waals surface area (Å²) in [6.45, 7) is 0. The molecule has 1 unspecified atom stereocenters. The number of hydrogen-bond donors (Lipinski definition) is 0. The maximum atomic E-state index is 14.0. The second-order valence-electron chi connectivity index (χ2n) is 4.60. The molecule has 0 amide bonds. The molecule has 108 valence electrons. The van der Waals surface area contributed by atoms with Crippen LogP contribution in [0.1, 0.15) is 16.8 Å². The lowest BCUT2D eigenvalue weighted by atomic mass is 10.1. The molecule has 0 fully saturated rings. The normalized spacial score (nSPS) is 12.5. The van der Waals surface area contributed by atoms with Crippen LogP contribution in [0.3, 0.4) is 0 Å². The highest BCUT2D eigenvalue weighted by Gasteiger charge is 2.21. The number of halogens is 2. The average molecular weight is 306 g/mol. The van der Waals surface area contributed by atoms with Crippen LogP contribution in [-0.2, 0) is 6.42 Å². The van der Waals surface area contributed by atoms with E-state index in [-0.39, 0.29) is 6.42 Å². The molecule has 5 heteroatoms. The molecule has 0 spiro atoms. The Morgan fingerprint density at radius 1 is 1.24 bits per heavy atom. The molecule has 21 heavy (non-hydrogen) atoms. The number of para-hydroxylation sites is 2. The Hall–Kier alpha value is -2.07. The topological polar surface area (TPSA) is 35.3 Å². The summed E-state index contributed by atoms with van der Waals surface area (Å²) in [5, 5.41) is -0.616. The van der Waals surface area contributed by atoms with Crippen LogP contribution in [0, 0.1) is 5.82 Å². The number of fused-ring (bicyclic) bond motifs is 1. The first kappa shape index (κ1) is 13.9. The van der Waals surface area contributed by atoms with E-state index in [0.29, 0.717) is 22.8 Å². The number of nitrogens with zero attached hydrogens (tertiary/aromatic N) is 1. The van der Waals surface area contributed by atoms with Gasteiger partial charge in [0, 0.05) is 12.0 Å². The number of rotatable bonds is 4. The molecule has 0 aliphatic carbocycles. The Morgan fingerprint density at radius 2 is 2.05 bits per heavy atom. The highest BCUT2D eigenvalue weighted by atomic mass is 35.5. The van der Waals surface area contributed by atoms with E-state index in [2.05, 4.69) is 4.98 Å². The first-order chi connectivity index (χ1) is 10.2. The van der Waals surface area contributed by atoms with Gasteiger partial charge in [-0.25, -0.2) is 9.37 Å². The summed E-state index contributed by atoms with van der Waals surface area (Å²) in [6.07, 6.45) is 0.285. The van der Waals surface area contributed by atoms with E-state index in [1.807, 2.05) is 24.3 Å². The molecular weight excluding hydrogens is 293 g/mol. The Labute approximate surface area is 126 Å². The van der Waals surface area contributed by atoms with Gasteiger partial charge in [-0.2, -0.15) is 0 Å². The minimum atomic E-state index is -0.616. The first-order valence-electron chi connectivity index (χ1n) is 6.50. The maximum Gasteiger partial charge on any atom is 0.197 e. The number of benzene rings is 2. The fourth-order valence-electron chi connectivity index (χ4n) is 2.26. The fraction of sp³-hybridized carbons (Fsp3) is 0.188. The van der Waals surface area contributed by atoms with Crippen molar-refractivity contribution in [3.63, 3.8) is 0 Å². The van der Waals surface area contributed by atoms with Crippen molar-refractivity contribution in [2.75, 3.05) is 7.11 Å². The molecule has 0 saturated carbocycles. The molecule has 0 radical (unpaired) electrons. The lowest BCUT2D eigenvalue weighted by Gasteiger charge is -2.13. The van der Waals surface area contributed by atoms with Crippen LogP contribution in [0.5, 0.6) is 5.75 Å². The molecule has 0 N–H and O–H groups in total. The first-order valence-corrected chi connectivity index (χ1v) is 6.93. The molecule has 1 atom stereocenters. The van der Waals surface area contributed by atoms with Crippen molar-refractivity contribution in [1.82, 2.24) is 4.98 Å². The smallest absolute Gasteiger partial charge is 0.197 e. The number of hydrogen-bond acceptors (Lipinski definition) is 3. The maximum absolute atomic E-state index is 14.0. The fourth-order valence-corrected chi connectivity index (χ4v) is 2.61. The van der Waals surface area contributed by atoms with Crippen LogP contribution in [0.2, 0.25) is 0 Å². The lowest BCUT2D eigenvalue weighted by molar-refractivity contribution is 0.402. The minimum absolute atomic E-state index is 0.285. The molecule has 0 aliphatic heterocycles. The summed E-state index contributed by atoms with van der Waals surface area (Å²) in [7, 11) is 1.49. The standard InChI is InChI=1S/C16H13ClFNO2/c1-20-14-8-4-5-11(18)16(14)10(17)9-15-19-12-6-2-3-7-13(12)21-15/h2-8,10H,9H2,1H3. The molecule has 3 rings (SSSR count). The second kappa shape index (κ2) is 5.74. The Morgan fingerprint density at radius 3 is 2.81 bits per heavy atom. The van der Waals surface area contributed by atoms with Gasteiger partial charge in [0.25, 0.3) is 0 Å². The van der Waals surface area contributed by atoms with E-state index in [0.717, 1.165) is 5.52 Å². The second-order valence-corrected chi connectivity index (χ2v) is 5.13. The van der Waals surface area contributed by atoms with Crippen LogP contribution in [0.25, 0.3) is 11.1 Å². The zero-order valence-electron chi connectivity index (χ0n) is 11.3. The molecule has 0 aliphatic rings. The SMILES string of the molecule is COc1cccc(F)c1C(Cl)Cc1nc2ccccc2o1. The molecule has 3 nitrogen and oxygen atoms in total. The summed E-state index contributed by atoms with van der Waals surface area (Å²) in [6, 6.07) is 12.1. The summed E-state index contributed by atoms with van der Waals surface area (Å²) in [5.74, 6) is 0.498. The average Bonchev–Trinajstić information content (AvgIpc) is 2.88. The Kier molecular flexibility index (Phi) is 3.80. The van der Waals surface area contributed by atoms with Crippen LogP contribution in [0.15, 0.2) is 46.9 Å². The van der Waals surface area contributed by atoms with E-state index in [9.17, 15) is 4.39 Å². The van der Waals surface area contributed by atoms with Crippen molar-refractivity contribution in [3.05, 3.63) is 59.7 Å². The zero-order chi connectivity index (χ0) is 14.8. The van der Waals surface area contributed by atoms with Crippen LogP contribution in [-0.4, -0.2) is 12.1 Å². The number of methoxy groups -OCH3 is 1. The lowest BCUT2D eigenvalue weighted by Crippen LogP contribution is -2.02. The quantitative estimate of drug-likeness (QED) is 0.666. The van der Waals surface area contributed by atoms with Crippen LogP contribution < -0.4 is 4.74 Å². The largest absolute Gasteiger partial charge is 0.496 e. The Balaban J connectivity index is 1.91. The van der Waals surface area contributed by atoms with Gasteiger partial charge < -0.3 is 9.15 Å². The van der Waals surface area contributed by atoms with Gasteiger partial charge in [0.1, 0.15) is 17.1 Å². The molecule has 0 bridgehead atoms. The van der Waals surface area contributed by atoms with Crippen molar-refractivity contribution in [3.8, 4) is 5.75 Å². The van der Waals surface area contributed by atoms with Crippen LogP contribution in [0.4, 0.5) is 4.39 Å². The third-order valence-corrected chi connectivity index (χ3v) is 3.61. The van der Waals surface area contributed by atoms with Gasteiger partial charge in [-0.05, 0) is 24.3 Å². The van der Waals surface area contributed by atoms with E-state index in [1.54, 1.807) is 12.1 Å². The summed E-state index contributed by atoms with van der Waals surface area (Å²) < 4.78 is 24.8. The van der Waals surface area contributed by atoms with Gasteiger partial charge in [-0.1, -0.05) is 18.2 Å². The van der Waals surface area contributed by atoms with Gasteiger partial charge >= 0.3 is 0 Å². The third kappa shape index (κ3) is 2.72. The number of ether oxygens (including phenoxy) is 1. The van der Waals surface area contributed by atoms with E-state index in [1.165, 1.54) is 13.2 Å². The van der Waals surface area contributed by atoms with Gasteiger partial charge in [-0.15, -0.1) is 11.6 Å². The molecule has 1 heterocycles. The van der Waals surface area contributed by atoms with Crippen LogP contribution >= 0.6 is 11.6 Å². The van der Waals surface area contributed by atoms with Crippen molar-refractivity contribution in [1.29, 1.82) is 0 Å². The minimum Gasteiger partial charge on any atom is -0.496 e. The van der Waals surface area contributed by atoms with Crippen molar-refractivity contribution < 1.29 is 13.5 Å². The van der Waals surface area contributed by atoms with Gasteiger partial charge in [0.2, 0.25) is 0 Å². The van der Waals surface area contributed by atoms with Crippen molar-refractivity contribution >= 4 is 22.7 Å². The number of aromatic nitrogens is 1. The predicted octanol–water partition coefficient (Wildman–Crippen LogP) is 4.50. The highest BCUT2D eigenvalue weighted by Crippen LogP contribution is 2.34. The predicted molar refractivity (Wildman–Crippen MR) is 79.3 cm³/mol. The molecule has 0 saturated heterocycles.